The monoisotopic (exact) mass is 375 g/mol. The first kappa shape index (κ1) is 20.4. The van der Waals surface area contributed by atoms with Gasteiger partial charge in [-0.05, 0) is 16.9 Å². The molecule has 0 bridgehead atoms. The minimum absolute atomic E-state index is 0.00923. The molecule has 1 N–H and O–H groups in total. The average Bonchev–Trinajstić information content (AvgIpc) is 2.84. The molecule has 2 fully saturated rings. The maximum atomic E-state index is 11.2. The topological polar surface area (TPSA) is 56.1 Å². The molecule has 5 nitrogen and oxygen atoms in total. The van der Waals surface area contributed by atoms with Gasteiger partial charge >= 0.3 is 5.97 Å². The molecule has 3 aliphatic heterocycles. The van der Waals surface area contributed by atoms with Crippen molar-refractivity contribution < 1.29 is 9.90 Å². The summed E-state index contributed by atoms with van der Waals surface area (Å²) in [5.41, 5.74) is 3.00. The lowest BCUT2D eigenvalue weighted by Gasteiger charge is -2.43. The summed E-state index contributed by atoms with van der Waals surface area (Å²) < 4.78 is 0. The Bertz CT molecular complexity index is 673. The molecule has 27 heavy (non-hydrogen) atoms. The molecule has 3 rings (SSSR count). The van der Waals surface area contributed by atoms with Crippen molar-refractivity contribution in [3.63, 3.8) is 0 Å². The number of aliphatic imine (C=N–C) groups is 1. The fraction of sp³-hybridized carbons (Fsp3) is 0.818. The average molecular weight is 376 g/mol. The number of aliphatic carboxylic acids is 1. The van der Waals surface area contributed by atoms with Gasteiger partial charge in [-0.15, -0.1) is 0 Å². The van der Waals surface area contributed by atoms with Crippen molar-refractivity contribution in [2.75, 3.05) is 19.6 Å². The first-order valence-electron chi connectivity index (χ1n) is 10.4. The predicted molar refractivity (Wildman–Crippen MR) is 110 cm³/mol. The summed E-state index contributed by atoms with van der Waals surface area (Å²) in [4.78, 5) is 21.4. The van der Waals surface area contributed by atoms with E-state index in [1.165, 1.54) is 17.1 Å². The minimum Gasteiger partial charge on any atom is -0.481 e. The fourth-order valence-electron chi connectivity index (χ4n) is 4.75. The van der Waals surface area contributed by atoms with E-state index in [9.17, 15) is 9.90 Å². The van der Waals surface area contributed by atoms with Crippen LogP contribution in [0.3, 0.4) is 0 Å². The van der Waals surface area contributed by atoms with Crippen LogP contribution in [0.15, 0.2) is 16.3 Å². The molecule has 0 saturated carbocycles. The normalized spacial score (nSPS) is 27.7. The summed E-state index contributed by atoms with van der Waals surface area (Å²) in [6.07, 6.45) is 1.02. The van der Waals surface area contributed by atoms with Crippen LogP contribution in [-0.4, -0.2) is 58.4 Å². The van der Waals surface area contributed by atoms with E-state index in [1.807, 2.05) is 0 Å². The van der Waals surface area contributed by atoms with Crippen molar-refractivity contribution >= 4 is 11.8 Å². The van der Waals surface area contributed by atoms with Crippen molar-refractivity contribution in [3.8, 4) is 0 Å². The van der Waals surface area contributed by atoms with E-state index in [4.69, 9.17) is 4.99 Å². The largest absolute Gasteiger partial charge is 0.481 e. The maximum Gasteiger partial charge on any atom is 0.309 e. The Morgan fingerprint density at radius 3 is 2.15 bits per heavy atom. The summed E-state index contributed by atoms with van der Waals surface area (Å²) in [6, 6.07) is 0.607. The van der Waals surface area contributed by atoms with Crippen LogP contribution in [0, 0.1) is 22.7 Å². The Kier molecular flexibility index (Phi) is 4.99. The standard InChI is InChI=1S/C22H37N3O2/c1-13(2)17-16-9-15(24-10-14(11-24)19(26)27)12-25(16)20(22(6,7)8)23-18(17)21(3,4)5/h13-15,18H,9-12H2,1-8H3,(H,26,27). The molecule has 0 amide bonds. The number of carbonyl (C=O) groups is 1. The Hall–Kier alpha value is -1.36. The van der Waals surface area contributed by atoms with Crippen LogP contribution < -0.4 is 0 Å². The number of fused-ring (bicyclic) bond motifs is 1. The molecule has 152 valence electrons. The molecular formula is C22H37N3O2. The maximum absolute atomic E-state index is 11.2. The van der Waals surface area contributed by atoms with Crippen LogP contribution >= 0.6 is 0 Å². The molecule has 2 atom stereocenters. The van der Waals surface area contributed by atoms with Crippen LogP contribution in [0.25, 0.3) is 0 Å². The highest BCUT2D eigenvalue weighted by atomic mass is 16.4. The molecule has 5 heteroatoms. The van der Waals surface area contributed by atoms with Gasteiger partial charge in [0.2, 0.25) is 0 Å². The Labute approximate surface area is 164 Å². The van der Waals surface area contributed by atoms with Crippen molar-refractivity contribution in [1.29, 1.82) is 0 Å². The number of hydrogen-bond acceptors (Lipinski definition) is 4. The number of carboxylic acids is 1. The molecular weight excluding hydrogens is 338 g/mol. The van der Waals surface area contributed by atoms with Crippen LogP contribution in [0.2, 0.25) is 0 Å². The number of carboxylic acid groups (broad SMARTS) is 1. The van der Waals surface area contributed by atoms with Gasteiger partial charge in [0.15, 0.2) is 0 Å². The zero-order valence-electron chi connectivity index (χ0n) is 18.3. The third-order valence-electron chi connectivity index (χ3n) is 6.17. The van der Waals surface area contributed by atoms with Crippen molar-refractivity contribution in [1.82, 2.24) is 9.80 Å². The van der Waals surface area contributed by atoms with E-state index in [0.29, 0.717) is 25.0 Å². The van der Waals surface area contributed by atoms with Gasteiger partial charge < -0.3 is 10.0 Å². The quantitative estimate of drug-likeness (QED) is 0.814. The summed E-state index contributed by atoms with van der Waals surface area (Å²) in [5.74, 6) is 0.798. The summed E-state index contributed by atoms with van der Waals surface area (Å²) in [7, 11) is 0. The molecule has 0 aromatic heterocycles. The first-order chi connectivity index (χ1) is 12.3. The van der Waals surface area contributed by atoms with Gasteiger partial charge in [0.25, 0.3) is 0 Å². The molecule has 2 saturated heterocycles. The second-order valence-electron chi connectivity index (χ2n) is 11.0. The molecule has 3 heterocycles. The lowest BCUT2D eigenvalue weighted by molar-refractivity contribution is -0.148. The van der Waals surface area contributed by atoms with E-state index >= 15 is 0 Å². The third kappa shape index (κ3) is 3.67. The Morgan fingerprint density at radius 1 is 1.11 bits per heavy atom. The summed E-state index contributed by atoms with van der Waals surface area (Å²) >= 11 is 0. The number of nitrogens with zero attached hydrogens (tertiary/aromatic N) is 3. The lowest BCUT2D eigenvalue weighted by Crippen LogP contribution is -2.55. The van der Waals surface area contributed by atoms with E-state index < -0.39 is 5.97 Å². The highest BCUT2D eigenvalue weighted by molar-refractivity contribution is 5.90. The number of likely N-dealkylation sites (tertiary alicyclic amines) is 1. The van der Waals surface area contributed by atoms with Crippen molar-refractivity contribution in [3.05, 3.63) is 11.3 Å². The van der Waals surface area contributed by atoms with Gasteiger partial charge in [-0.2, -0.15) is 0 Å². The SMILES string of the molecule is CC(C)C1=C2CC(N3CC(C(=O)O)C3)CN2C(C(C)(C)C)=NC1C(C)(C)C. The smallest absolute Gasteiger partial charge is 0.309 e. The molecule has 0 aromatic carbocycles. The zero-order valence-corrected chi connectivity index (χ0v) is 18.3. The van der Waals surface area contributed by atoms with Crippen LogP contribution in [0.5, 0.6) is 0 Å². The van der Waals surface area contributed by atoms with Crippen LogP contribution in [0.4, 0.5) is 0 Å². The molecule has 2 unspecified atom stereocenters. The van der Waals surface area contributed by atoms with Crippen molar-refractivity contribution in [2.45, 2.75) is 73.9 Å². The third-order valence-corrected chi connectivity index (χ3v) is 6.17. The zero-order chi connectivity index (χ0) is 20.3. The van der Waals surface area contributed by atoms with E-state index in [1.54, 1.807) is 0 Å². The fourth-order valence-corrected chi connectivity index (χ4v) is 4.75. The highest BCUT2D eigenvalue weighted by Gasteiger charge is 2.47. The predicted octanol–water partition coefficient (Wildman–Crippen LogP) is 3.86. The Morgan fingerprint density at radius 2 is 1.70 bits per heavy atom. The van der Waals surface area contributed by atoms with Gasteiger partial charge in [0, 0.05) is 43.2 Å². The van der Waals surface area contributed by atoms with Crippen LogP contribution in [-0.2, 0) is 4.79 Å². The number of hydrogen-bond donors (Lipinski definition) is 1. The first-order valence-corrected chi connectivity index (χ1v) is 10.4. The van der Waals surface area contributed by atoms with Crippen molar-refractivity contribution in [2.24, 2.45) is 27.7 Å². The number of amidine groups is 1. The second kappa shape index (κ2) is 6.61. The van der Waals surface area contributed by atoms with E-state index in [-0.39, 0.29) is 22.8 Å². The molecule has 0 spiro atoms. The van der Waals surface area contributed by atoms with Gasteiger partial charge in [-0.25, -0.2) is 0 Å². The Balaban J connectivity index is 1.96. The van der Waals surface area contributed by atoms with E-state index in [0.717, 1.165) is 13.0 Å². The molecule has 0 aromatic rings. The highest BCUT2D eigenvalue weighted by Crippen LogP contribution is 2.45. The van der Waals surface area contributed by atoms with Gasteiger partial charge in [0.1, 0.15) is 5.84 Å². The second-order valence-corrected chi connectivity index (χ2v) is 11.0. The van der Waals surface area contributed by atoms with Gasteiger partial charge in [0.05, 0.1) is 12.0 Å². The molecule has 3 aliphatic rings. The molecule has 0 radical (unpaired) electrons. The minimum atomic E-state index is -0.659. The molecule has 0 aliphatic carbocycles. The summed E-state index contributed by atoms with van der Waals surface area (Å²) in [6.45, 7) is 20.5. The summed E-state index contributed by atoms with van der Waals surface area (Å²) in [5, 5.41) is 9.22. The van der Waals surface area contributed by atoms with E-state index in [2.05, 4.69) is 65.2 Å². The van der Waals surface area contributed by atoms with Gasteiger partial charge in [-0.3, -0.25) is 14.7 Å². The lowest BCUT2D eigenvalue weighted by atomic mass is 9.76. The number of rotatable bonds is 3. The van der Waals surface area contributed by atoms with Crippen LogP contribution in [0.1, 0.15) is 61.8 Å². The van der Waals surface area contributed by atoms with Gasteiger partial charge in [-0.1, -0.05) is 55.4 Å².